The fourth-order valence-corrected chi connectivity index (χ4v) is 5.38. The molecule has 30 heavy (non-hydrogen) atoms. The van der Waals surface area contributed by atoms with E-state index < -0.39 is 10.0 Å². The minimum atomic E-state index is -3.74. The molecule has 156 valence electrons. The van der Waals surface area contributed by atoms with E-state index in [0.717, 1.165) is 9.86 Å². The summed E-state index contributed by atoms with van der Waals surface area (Å²) in [7, 11) is -3.74. The average Bonchev–Trinajstić information content (AvgIpc) is 3.19. The number of hydrogen-bond donors (Lipinski definition) is 0. The van der Waals surface area contributed by atoms with Crippen LogP contribution in [0.3, 0.4) is 0 Å². The Morgan fingerprint density at radius 3 is 2.37 bits per heavy atom. The molecule has 9 heteroatoms. The Morgan fingerprint density at radius 2 is 1.70 bits per heavy atom. The molecule has 1 aliphatic heterocycles. The monoisotopic (exact) mass is 490 g/mol. The van der Waals surface area contributed by atoms with E-state index in [1.807, 2.05) is 18.2 Å². The van der Waals surface area contributed by atoms with Crippen LogP contribution >= 0.6 is 15.9 Å². The zero-order chi connectivity index (χ0) is 21.5. The fraction of sp³-hybridized carbons (Fsp3) is 0.238. The number of hydrogen-bond acceptors (Lipinski definition) is 5. The van der Waals surface area contributed by atoms with Gasteiger partial charge in [-0.1, -0.05) is 24.3 Å². The number of halogens is 1. The number of benzene rings is 2. The van der Waals surface area contributed by atoms with Crippen molar-refractivity contribution in [3.8, 4) is 0 Å². The van der Waals surface area contributed by atoms with Crippen molar-refractivity contribution in [2.24, 2.45) is 0 Å². The lowest BCUT2D eigenvalue weighted by Gasteiger charge is -2.33. The van der Waals surface area contributed by atoms with E-state index in [9.17, 15) is 18.0 Å². The molecular formula is C21H19BrN2O5S. The number of rotatable bonds is 4. The summed E-state index contributed by atoms with van der Waals surface area (Å²) in [4.78, 5) is 26.1. The largest absolute Gasteiger partial charge is 0.450 e. The Bertz CT molecular complexity index is 1240. The smallest absolute Gasteiger partial charge is 0.289 e. The Hall–Kier alpha value is -2.49. The zero-order valence-corrected chi connectivity index (χ0v) is 18.6. The maximum atomic E-state index is 13.0. The first-order valence-corrected chi connectivity index (χ1v) is 11.6. The Kier molecular flexibility index (Phi) is 5.52. The standard InChI is InChI=1S/C21H19BrN2O5S/c1-14(25)15-4-2-6-17(12-15)30(27,28)24-10-8-23(9-11-24)21(26)19-13-16-5-3-7-18(22)20(16)29-19/h2-7,12-13H,8-11H2,1H3. The first-order valence-electron chi connectivity index (χ1n) is 9.36. The molecule has 0 N–H and O–H groups in total. The van der Waals surface area contributed by atoms with E-state index in [4.69, 9.17) is 4.42 Å². The van der Waals surface area contributed by atoms with Crippen LogP contribution in [-0.2, 0) is 10.0 Å². The van der Waals surface area contributed by atoms with Crippen LogP contribution in [0, 0.1) is 0 Å². The number of sulfonamides is 1. The molecule has 1 amide bonds. The van der Waals surface area contributed by atoms with E-state index in [2.05, 4.69) is 15.9 Å². The van der Waals surface area contributed by atoms with Crippen molar-refractivity contribution in [1.82, 2.24) is 9.21 Å². The number of nitrogens with zero attached hydrogens (tertiary/aromatic N) is 2. The molecule has 7 nitrogen and oxygen atoms in total. The van der Waals surface area contributed by atoms with Crippen molar-refractivity contribution in [2.75, 3.05) is 26.2 Å². The van der Waals surface area contributed by atoms with E-state index in [-0.39, 0.29) is 48.5 Å². The second-order valence-electron chi connectivity index (χ2n) is 7.05. The van der Waals surface area contributed by atoms with Gasteiger partial charge in [0.25, 0.3) is 5.91 Å². The molecule has 4 rings (SSSR count). The van der Waals surface area contributed by atoms with Crippen LogP contribution in [0.5, 0.6) is 0 Å². The number of Topliss-reactive ketones (excluding diaryl/α,β-unsaturated/α-hetero) is 1. The Labute approximate surface area is 182 Å². The molecule has 0 spiro atoms. The number of carbonyl (C=O) groups excluding carboxylic acids is 2. The highest BCUT2D eigenvalue weighted by molar-refractivity contribution is 9.10. The third-order valence-corrected chi connectivity index (χ3v) is 7.63. The Morgan fingerprint density at radius 1 is 1.00 bits per heavy atom. The lowest BCUT2D eigenvalue weighted by Crippen LogP contribution is -2.50. The minimum absolute atomic E-state index is 0.0807. The van der Waals surface area contributed by atoms with Gasteiger partial charge in [0.2, 0.25) is 10.0 Å². The summed E-state index contributed by atoms with van der Waals surface area (Å²) in [5.74, 6) is -0.240. The van der Waals surface area contributed by atoms with Crippen LogP contribution in [0.4, 0.5) is 0 Å². The van der Waals surface area contributed by atoms with Crippen LogP contribution in [0.2, 0.25) is 0 Å². The topological polar surface area (TPSA) is 87.9 Å². The molecular weight excluding hydrogens is 472 g/mol. The van der Waals surface area contributed by atoms with E-state index in [1.54, 1.807) is 23.1 Å². The van der Waals surface area contributed by atoms with Gasteiger partial charge in [-0.15, -0.1) is 0 Å². The van der Waals surface area contributed by atoms with Gasteiger partial charge in [-0.2, -0.15) is 4.31 Å². The van der Waals surface area contributed by atoms with Crippen molar-refractivity contribution in [3.63, 3.8) is 0 Å². The van der Waals surface area contributed by atoms with Crippen molar-refractivity contribution < 1.29 is 22.4 Å². The molecule has 1 aliphatic rings. The predicted octanol–water partition coefficient (Wildman–Crippen LogP) is 3.54. The maximum Gasteiger partial charge on any atom is 0.289 e. The number of para-hydroxylation sites is 1. The van der Waals surface area contributed by atoms with Crippen LogP contribution in [-0.4, -0.2) is 55.5 Å². The first-order chi connectivity index (χ1) is 14.3. The lowest BCUT2D eigenvalue weighted by atomic mass is 10.2. The number of piperazine rings is 1. The molecule has 0 unspecified atom stereocenters. The summed E-state index contributed by atoms with van der Waals surface area (Å²) in [6, 6.07) is 13.3. The number of fused-ring (bicyclic) bond motifs is 1. The average molecular weight is 491 g/mol. The van der Waals surface area contributed by atoms with E-state index in [1.165, 1.54) is 23.4 Å². The lowest BCUT2D eigenvalue weighted by molar-refractivity contribution is 0.0668. The van der Waals surface area contributed by atoms with Crippen molar-refractivity contribution in [2.45, 2.75) is 11.8 Å². The van der Waals surface area contributed by atoms with Gasteiger partial charge in [-0.05, 0) is 47.1 Å². The van der Waals surface area contributed by atoms with Gasteiger partial charge in [0.1, 0.15) is 5.58 Å². The molecule has 0 atom stereocenters. The molecule has 0 radical (unpaired) electrons. The highest BCUT2D eigenvalue weighted by Gasteiger charge is 2.31. The van der Waals surface area contributed by atoms with Crippen molar-refractivity contribution >= 4 is 48.6 Å². The van der Waals surface area contributed by atoms with Gasteiger partial charge < -0.3 is 9.32 Å². The van der Waals surface area contributed by atoms with Gasteiger partial charge >= 0.3 is 0 Å². The number of carbonyl (C=O) groups is 2. The highest BCUT2D eigenvalue weighted by atomic mass is 79.9. The van der Waals surface area contributed by atoms with Crippen LogP contribution in [0.1, 0.15) is 27.8 Å². The second-order valence-corrected chi connectivity index (χ2v) is 9.84. The molecule has 1 aromatic heterocycles. The molecule has 1 saturated heterocycles. The molecule has 3 aromatic rings. The summed E-state index contributed by atoms with van der Waals surface area (Å²) >= 11 is 3.41. The molecule has 0 saturated carbocycles. The number of amides is 1. The van der Waals surface area contributed by atoms with Gasteiger partial charge in [-0.3, -0.25) is 9.59 Å². The number of furan rings is 1. The third-order valence-electron chi connectivity index (χ3n) is 5.11. The van der Waals surface area contributed by atoms with E-state index >= 15 is 0 Å². The van der Waals surface area contributed by atoms with Crippen LogP contribution in [0.15, 0.2) is 62.3 Å². The highest BCUT2D eigenvalue weighted by Crippen LogP contribution is 2.28. The zero-order valence-electron chi connectivity index (χ0n) is 16.2. The fourth-order valence-electron chi connectivity index (χ4n) is 3.44. The summed E-state index contributed by atoms with van der Waals surface area (Å²) < 4.78 is 33.7. The summed E-state index contributed by atoms with van der Waals surface area (Å²) in [6.07, 6.45) is 0. The van der Waals surface area contributed by atoms with E-state index in [0.29, 0.717) is 11.1 Å². The minimum Gasteiger partial charge on any atom is -0.450 e. The van der Waals surface area contributed by atoms with Crippen LogP contribution in [0.25, 0.3) is 11.0 Å². The molecule has 2 aromatic carbocycles. The summed E-state index contributed by atoms with van der Waals surface area (Å²) in [5.41, 5.74) is 0.952. The third kappa shape index (κ3) is 3.80. The second kappa shape index (κ2) is 7.98. The van der Waals surface area contributed by atoms with Gasteiger partial charge in [0.05, 0.1) is 9.37 Å². The summed E-state index contributed by atoms with van der Waals surface area (Å²) in [5, 5.41) is 0.819. The normalized spacial score (nSPS) is 15.5. The summed E-state index contributed by atoms with van der Waals surface area (Å²) in [6.45, 7) is 2.24. The van der Waals surface area contributed by atoms with Crippen LogP contribution < -0.4 is 0 Å². The van der Waals surface area contributed by atoms with Gasteiger partial charge in [0.15, 0.2) is 11.5 Å². The Balaban J connectivity index is 1.49. The molecule has 1 fully saturated rings. The van der Waals surface area contributed by atoms with Crippen molar-refractivity contribution in [3.05, 3.63) is 64.3 Å². The van der Waals surface area contributed by atoms with Gasteiger partial charge in [0, 0.05) is 37.1 Å². The SMILES string of the molecule is CC(=O)c1cccc(S(=O)(=O)N2CCN(C(=O)c3cc4cccc(Br)c4o3)CC2)c1. The maximum absolute atomic E-state index is 13.0. The molecule has 2 heterocycles. The molecule has 0 bridgehead atoms. The van der Waals surface area contributed by atoms with Gasteiger partial charge in [-0.25, -0.2) is 8.42 Å². The molecule has 0 aliphatic carbocycles. The van der Waals surface area contributed by atoms with Crippen molar-refractivity contribution in [1.29, 1.82) is 0 Å². The predicted molar refractivity (Wildman–Crippen MR) is 115 cm³/mol. The number of ketones is 1. The first kappa shape index (κ1) is 20.8. The quantitative estimate of drug-likeness (QED) is 0.521.